The van der Waals surface area contributed by atoms with Gasteiger partial charge in [0.05, 0.1) is 23.6 Å². The second-order valence-corrected chi connectivity index (χ2v) is 6.07. The summed E-state index contributed by atoms with van der Waals surface area (Å²) in [5.41, 5.74) is 7.03. The molecule has 0 aromatic carbocycles. The summed E-state index contributed by atoms with van der Waals surface area (Å²) in [6, 6.07) is 0. The third-order valence-corrected chi connectivity index (χ3v) is 4.37. The minimum absolute atomic E-state index is 0.0379. The van der Waals surface area contributed by atoms with Crippen LogP contribution in [0.2, 0.25) is 0 Å². The van der Waals surface area contributed by atoms with Crippen LogP contribution in [0.25, 0.3) is 5.57 Å². The van der Waals surface area contributed by atoms with E-state index in [1.165, 1.54) is 0 Å². The fourth-order valence-corrected chi connectivity index (χ4v) is 3.34. The Kier molecular flexibility index (Phi) is 4.92. The van der Waals surface area contributed by atoms with Crippen LogP contribution in [0.15, 0.2) is 21.8 Å². The monoisotopic (exact) mass is 328 g/mol. The summed E-state index contributed by atoms with van der Waals surface area (Å²) in [5, 5.41) is 0. The van der Waals surface area contributed by atoms with Gasteiger partial charge in [0.1, 0.15) is 0 Å². The smallest absolute Gasteiger partial charge is 0.340 e. The van der Waals surface area contributed by atoms with Gasteiger partial charge in [-0.05, 0) is 65.2 Å². The fourth-order valence-electron chi connectivity index (χ4n) is 3.34. The Morgan fingerprint density at radius 1 is 1.12 bits per heavy atom. The van der Waals surface area contributed by atoms with Crippen molar-refractivity contribution in [2.24, 2.45) is 4.99 Å². The normalized spacial score (nSPS) is 16.4. The van der Waals surface area contributed by atoms with Crippen LogP contribution < -0.4 is 0 Å². The Balaban J connectivity index is 2.60. The minimum Gasteiger partial charge on any atom is -0.462 e. The van der Waals surface area contributed by atoms with Gasteiger partial charge in [0.25, 0.3) is 0 Å². The molecule has 2 heterocycles. The van der Waals surface area contributed by atoms with E-state index in [1.807, 2.05) is 34.6 Å². The van der Waals surface area contributed by atoms with Crippen molar-refractivity contribution in [2.45, 2.75) is 48.5 Å². The summed E-state index contributed by atoms with van der Waals surface area (Å²) in [6.07, 6.45) is 0. The molecule has 0 fully saturated rings. The van der Waals surface area contributed by atoms with E-state index in [0.29, 0.717) is 17.9 Å². The molecule has 0 aliphatic carbocycles. The van der Waals surface area contributed by atoms with Crippen molar-refractivity contribution in [1.29, 1.82) is 0 Å². The molecule has 0 saturated heterocycles. The van der Waals surface area contributed by atoms with Crippen LogP contribution in [0.1, 0.15) is 61.9 Å². The van der Waals surface area contributed by atoms with E-state index in [1.54, 1.807) is 13.8 Å². The summed E-state index contributed by atoms with van der Waals surface area (Å²) in [6.45, 7) is 13.1. The van der Waals surface area contributed by atoms with E-state index >= 15 is 0 Å². The number of nitrogens with one attached hydrogen (secondary N) is 1. The van der Waals surface area contributed by atoms with E-state index in [-0.39, 0.29) is 11.8 Å². The van der Waals surface area contributed by atoms with Gasteiger partial charge in [0, 0.05) is 17.0 Å². The highest BCUT2D eigenvalue weighted by Gasteiger charge is 2.27. The number of aromatic amines is 1. The average molecular weight is 328 g/mol. The lowest BCUT2D eigenvalue weighted by Gasteiger charge is -2.07. The van der Waals surface area contributed by atoms with Crippen LogP contribution >= 0.6 is 0 Å². The fraction of sp³-hybridized carbons (Fsp3) is 0.421. The first-order chi connectivity index (χ1) is 11.2. The molecule has 0 saturated carbocycles. The number of carbonyl (C=O) groups excluding carboxylic acids is 2. The van der Waals surface area contributed by atoms with Crippen LogP contribution in [0, 0.1) is 13.8 Å². The van der Waals surface area contributed by atoms with Crippen molar-refractivity contribution >= 4 is 23.0 Å². The van der Waals surface area contributed by atoms with Gasteiger partial charge in [-0.3, -0.25) is 9.79 Å². The summed E-state index contributed by atoms with van der Waals surface area (Å²) in [5.74, 6) is -0.307. The van der Waals surface area contributed by atoms with Gasteiger partial charge in [-0.15, -0.1) is 0 Å². The van der Waals surface area contributed by atoms with E-state index < -0.39 is 0 Å². The zero-order chi connectivity index (χ0) is 18.2. The molecule has 1 aromatic rings. The number of Topliss-reactive ketones (excluding diaryl/α,β-unsaturated/α-hetero) is 1. The Morgan fingerprint density at radius 3 is 2.25 bits per heavy atom. The molecule has 128 valence electrons. The van der Waals surface area contributed by atoms with Crippen molar-refractivity contribution in [3.05, 3.63) is 39.4 Å². The van der Waals surface area contributed by atoms with Crippen LogP contribution in [-0.2, 0) is 9.53 Å². The Hall–Kier alpha value is -2.43. The number of aliphatic imine (C=N–C) groups is 1. The number of ketones is 1. The number of hydrogen-bond donors (Lipinski definition) is 1. The molecular weight excluding hydrogens is 304 g/mol. The Bertz CT molecular complexity index is 820. The predicted octanol–water partition coefficient (Wildman–Crippen LogP) is 3.92. The van der Waals surface area contributed by atoms with E-state index in [2.05, 4.69) is 9.98 Å². The number of rotatable bonds is 4. The number of aromatic nitrogens is 1. The van der Waals surface area contributed by atoms with Gasteiger partial charge in [-0.2, -0.15) is 0 Å². The number of allylic oxidation sites excluding steroid dienone is 2. The second-order valence-electron chi connectivity index (χ2n) is 6.07. The van der Waals surface area contributed by atoms with Crippen molar-refractivity contribution in [1.82, 2.24) is 4.98 Å². The molecule has 1 aliphatic heterocycles. The zero-order valence-corrected chi connectivity index (χ0v) is 15.4. The first-order valence-corrected chi connectivity index (χ1v) is 8.06. The Labute approximate surface area is 142 Å². The lowest BCUT2D eigenvalue weighted by atomic mass is 9.99. The van der Waals surface area contributed by atoms with Crippen LogP contribution in [0.3, 0.4) is 0 Å². The lowest BCUT2D eigenvalue weighted by Crippen LogP contribution is -2.12. The third kappa shape index (κ3) is 2.86. The van der Waals surface area contributed by atoms with Gasteiger partial charge in [0.15, 0.2) is 5.78 Å². The van der Waals surface area contributed by atoms with Gasteiger partial charge in [-0.25, -0.2) is 4.79 Å². The van der Waals surface area contributed by atoms with Crippen molar-refractivity contribution in [3.8, 4) is 0 Å². The topological polar surface area (TPSA) is 71.5 Å². The average Bonchev–Trinajstić information content (AvgIpc) is 2.95. The molecule has 1 aliphatic rings. The number of hydrogen-bond acceptors (Lipinski definition) is 4. The zero-order valence-electron chi connectivity index (χ0n) is 15.4. The SMILES string of the molecule is CCOC(=O)C1=C(C)/C(=C(\C)c2[nH]c(C)c(C(C)=O)c2C)N=C1C. The summed E-state index contributed by atoms with van der Waals surface area (Å²) in [4.78, 5) is 31.8. The number of aryl methyl sites for hydroxylation is 1. The lowest BCUT2D eigenvalue weighted by molar-refractivity contribution is -0.137. The first kappa shape index (κ1) is 17.9. The number of H-pyrrole nitrogens is 1. The second kappa shape index (κ2) is 6.59. The maximum Gasteiger partial charge on any atom is 0.340 e. The van der Waals surface area contributed by atoms with Gasteiger partial charge < -0.3 is 9.72 Å². The molecule has 0 radical (unpaired) electrons. The number of nitrogens with zero attached hydrogens (tertiary/aromatic N) is 1. The molecule has 2 rings (SSSR count). The molecule has 1 aromatic heterocycles. The number of ether oxygens (including phenoxy) is 1. The Morgan fingerprint density at radius 2 is 1.75 bits per heavy atom. The number of esters is 1. The molecular formula is C19H24N2O3. The summed E-state index contributed by atoms with van der Waals surface area (Å²) < 4.78 is 5.13. The third-order valence-electron chi connectivity index (χ3n) is 4.37. The van der Waals surface area contributed by atoms with Gasteiger partial charge in [0.2, 0.25) is 0 Å². The maximum absolute atomic E-state index is 12.1. The van der Waals surface area contributed by atoms with Crippen molar-refractivity contribution in [2.75, 3.05) is 6.61 Å². The summed E-state index contributed by atoms with van der Waals surface area (Å²) >= 11 is 0. The largest absolute Gasteiger partial charge is 0.462 e. The highest BCUT2D eigenvalue weighted by Crippen LogP contribution is 2.34. The molecule has 0 atom stereocenters. The van der Waals surface area contributed by atoms with Crippen molar-refractivity contribution < 1.29 is 14.3 Å². The first-order valence-electron chi connectivity index (χ1n) is 8.06. The molecule has 0 amide bonds. The molecule has 5 heteroatoms. The molecule has 0 spiro atoms. The molecule has 5 nitrogen and oxygen atoms in total. The van der Waals surface area contributed by atoms with Gasteiger partial charge >= 0.3 is 5.97 Å². The van der Waals surface area contributed by atoms with Crippen LogP contribution in [-0.4, -0.2) is 29.1 Å². The highest BCUT2D eigenvalue weighted by atomic mass is 16.5. The summed E-state index contributed by atoms with van der Waals surface area (Å²) in [7, 11) is 0. The van der Waals surface area contributed by atoms with E-state index in [0.717, 1.165) is 39.4 Å². The van der Waals surface area contributed by atoms with E-state index in [9.17, 15) is 9.59 Å². The predicted molar refractivity (Wildman–Crippen MR) is 95.3 cm³/mol. The van der Waals surface area contributed by atoms with E-state index in [4.69, 9.17) is 4.74 Å². The maximum atomic E-state index is 12.1. The molecule has 0 unspecified atom stereocenters. The van der Waals surface area contributed by atoms with Crippen LogP contribution in [0.5, 0.6) is 0 Å². The minimum atomic E-state index is -0.345. The van der Waals surface area contributed by atoms with Crippen molar-refractivity contribution in [3.63, 3.8) is 0 Å². The molecule has 1 N–H and O–H groups in total. The van der Waals surface area contributed by atoms with Gasteiger partial charge in [-0.1, -0.05) is 0 Å². The number of carbonyl (C=O) groups is 2. The molecule has 0 bridgehead atoms. The highest BCUT2D eigenvalue weighted by molar-refractivity contribution is 6.22. The quantitative estimate of drug-likeness (QED) is 0.672. The van der Waals surface area contributed by atoms with Crippen LogP contribution in [0.4, 0.5) is 0 Å². The standard InChI is InChI=1S/C19H24N2O3/c1-8-24-19(23)16-10(3)18(21-13(16)6)11(4)17-9(2)15(14(7)22)12(5)20-17/h20H,8H2,1-7H3/b18-11-. The molecule has 24 heavy (non-hydrogen) atoms.